The van der Waals surface area contributed by atoms with E-state index < -0.39 is 11.5 Å². The van der Waals surface area contributed by atoms with Crippen LogP contribution in [0, 0.1) is 0 Å². The molecule has 8 heteroatoms. The fraction of sp³-hybridized carbons (Fsp3) is 0.391. The van der Waals surface area contributed by atoms with Gasteiger partial charge < -0.3 is 29.2 Å². The smallest absolute Gasteiger partial charge is 0.338 e. The topological polar surface area (TPSA) is 86.3 Å². The van der Waals surface area contributed by atoms with E-state index in [4.69, 9.17) is 18.9 Å². The minimum atomic E-state index is -0.707. The summed E-state index contributed by atoms with van der Waals surface area (Å²) in [7, 11) is 4.46. The molecule has 0 radical (unpaired) electrons. The van der Waals surface area contributed by atoms with Crippen LogP contribution in [0.1, 0.15) is 30.6 Å². The molecule has 0 aliphatic carbocycles. The van der Waals surface area contributed by atoms with Crippen LogP contribution in [-0.2, 0) is 9.53 Å². The van der Waals surface area contributed by atoms with E-state index >= 15 is 0 Å². The number of carbonyl (C=O) groups excluding carboxylic acids is 2. The molecule has 1 amide bonds. The van der Waals surface area contributed by atoms with Gasteiger partial charge in [-0.3, -0.25) is 4.79 Å². The van der Waals surface area contributed by atoms with Gasteiger partial charge in [-0.1, -0.05) is 12.1 Å². The molecule has 0 fully saturated rings. The van der Waals surface area contributed by atoms with Gasteiger partial charge in [-0.2, -0.15) is 0 Å². The summed E-state index contributed by atoms with van der Waals surface area (Å²) < 4.78 is 21.2. The number of methoxy groups -OCH3 is 3. The van der Waals surface area contributed by atoms with Crippen molar-refractivity contribution in [1.82, 2.24) is 0 Å². The fourth-order valence-electron chi connectivity index (χ4n) is 3.54. The minimum absolute atomic E-state index is 0.0258. The molecule has 1 aliphatic heterocycles. The molecule has 1 N–H and O–H groups in total. The van der Waals surface area contributed by atoms with E-state index in [0.717, 1.165) is 11.4 Å². The molecular formula is C23H28N2O6. The Morgan fingerprint density at radius 2 is 1.68 bits per heavy atom. The quantitative estimate of drug-likeness (QED) is 0.509. The number of anilines is 2. The summed E-state index contributed by atoms with van der Waals surface area (Å²) >= 11 is 0. The van der Waals surface area contributed by atoms with E-state index in [9.17, 15) is 9.59 Å². The Morgan fingerprint density at radius 3 is 2.29 bits per heavy atom. The molecule has 0 saturated heterocycles. The summed E-state index contributed by atoms with van der Waals surface area (Å²) in [6.07, 6.45) is 0.492. The van der Waals surface area contributed by atoms with Crippen LogP contribution in [0.4, 0.5) is 11.4 Å². The van der Waals surface area contributed by atoms with Gasteiger partial charge in [0.15, 0.2) is 11.5 Å². The summed E-state index contributed by atoms with van der Waals surface area (Å²) in [5.41, 5.74) is 1.31. The second-order valence-corrected chi connectivity index (χ2v) is 7.63. The number of amides is 1. The van der Waals surface area contributed by atoms with Crippen LogP contribution in [0.3, 0.4) is 0 Å². The van der Waals surface area contributed by atoms with Crippen LogP contribution in [0.2, 0.25) is 0 Å². The third kappa shape index (κ3) is 4.52. The highest BCUT2D eigenvalue weighted by molar-refractivity contribution is 6.07. The average Bonchev–Trinajstić information content (AvgIpc) is 2.77. The van der Waals surface area contributed by atoms with Crippen LogP contribution >= 0.6 is 0 Å². The number of hydrogen-bond donors (Lipinski definition) is 1. The van der Waals surface area contributed by atoms with Crippen LogP contribution in [0.15, 0.2) is 36.4 Å². The normalized spacial score (nSPS) is 14.4. The maximum Gasteiger partial charge on any atom is 0.338 e. The summed E-state index contributed by atoms with van der Waals surface area (Å²) in [6.45, 7) is 4.30. The number of hydrogen-bond acceptors (Lipinski definition) is 7. The van der Waals surface area contributed by atoms with Crippen LogP contribution in [-0.4, -0.2) is 51.9 Å². The number of carbonyl (C=O) groups is 2. The molecule has 0 saturated carbocycles. The van der Waals surface area contributed by atoms with Crippen LogP contribution in [0.25, 0.3) is 0 Å². The van der Waals surface area contributed by atoms with Gasteiger partial charge in [0, 0.05) is 6.54 Å². The summed E-state index contributed by atoms with van der Waals surface area (Å²) in [6, 6.07) is 10.8. The minimum Gasteiger partial charge on any atom is -0.493 e. The average molecular weight is 428 g/mol. The zero-order chi connectivity index (χ0) is 22.6. The predicted molar refractivity (Wildman–Crippen MR) is 117 cm³/mol. The first-order valence-corrected chi connectivity index (χ1v) is 9.98. The van der Waals surface area contributed by atoms with Gasteiger partial charge in [0.05, 0.1) is 44.9 Å². The zero-order valence-corrected chi connectivity index (χ0v) is 18.5. The molecule has 0 bridgehead atoms. The highest BCUT2D eigenvalue weighted by Crippen LogP contribution is 2.38. The largest absolute Gasteiger partial charge is 0.493 e. The molecule has 0 spiro atoms. The lowest BCUT2D eigenvalue weighted by Gasteiger charge is -2.40. The molecule has 166 valence electrons. The van der Waals surface area contributed by atoms with E-state index in [1.54, 1.807) is 17.0 Å². The molecule has 1 heterocycles. The highest BCUT2D eigenvalue weighted by atomic mass is 16.5. The van der Waals surface area contributed by atoms with E-state index in [0.29, 0.717) is 35.8 Å². The Labute approximate surface area is 182 Å². The molecule has 0 atom stereocenters. The standard InChI is InChI=1S/C23H28N2O6/c1-23(2)22(27)25(17-10-7-6-9-16(17)24-23)11-8-12-31-21(26)15-13-18(28-3)20(30-5)19(14-15)29-4/h6-7,9-10,13-14,24H,8,11-12H2,1-5H3. The summed E-state index contributed by atoms with van der Waals surface area (Å²) in [5.74, 6) is 0.618. The number of para-hydroxylation sites is 2. The molecule has 0 aromatic heterocycles. The zero-order valence-electron chi connectivity index (χ0n) is 18.5. The van der Waals surface area contributed by atoms with E-state index in [-0.39, 0.29) is 12.5 Å². The van der Waals surface area contributed by atoms with E-state index in [2.05, 4.69) is 5.32 Å². The van der Waals surface area contributed by atoms with Crippen molar-refractivity contribution in [2.75, 3.05) is 44.7 Å². The lowest BCUT2D eigenvalue weighted by molar-refractivity contribution is -0.122. The predicted octanol–water partition coefficient (Wildman–Crippen LogP) is 3.50. The third-order valence-electron chi connectivity index (χ3n) is 5.08. The van der Waals surface area contributed by atoms with Gasteiger partial charge in [0.25, 0.3) is 5.91 Å². The molecule has 31 heavy (non-hydrogen) atoms. The first-order valence-electron chi connectivity index (χ1n) is 9.98. The van der Waals surface area contributed by atoms with Crippen molar-refractivity contribution in [3.63, 3.8) is 0 Å². The molecule has 0 unspecified atom stereocenters. The molecular weight excluding hydrogens is 400 g/mol. The lowest BCUT2D eigenvalue weighted by atomic mass is 9.98. The Hall–Kier alpha value is -3.42. The van der Waals surface area contributed by atoms with Crippen molar-refractivity contribution < 1.29 is 28.5 Å². The van der Waals surface area contributed by atoms with Gasteiger partial charge in [0.1, 0.15) is 5.54 Å². The van der Waals surface area contributed by atoms with Crippen molar-refractivity contribution in [1.29, 1.82) is 0 Å². The molecule has 2 aromatic rings. The van der Waals surface area contributed by atoms with Gasteiger partial charge in [-0.05, 0) is 44.5 Å². The summed E-state index contributed by atoms with van der Waals surface area (Å²) in [5, 5.41) is 3.27. The Balaban J connectivity index is 1.65. The van der Waals surface area contributed by atoms with Crippen molar-refractivity contribution in [3.05, 3.63) is 42.0 Å². The van der Waals surface area contributed by atoms with E-state index in [1.807, 2.05) is 38.1 Å². The van der Waals surface area contributed by atoms with Gasteiger partial charge in [-0.15, -0.1) is 0 Å². The molecule has 8 nitrogen and oxygen atoms in total. The third-order valence-corrected chi connectivity index (χ3v) is 5.08. The number of esters is 1. The van der Waals surface area contributed by atoms with Crippen molar-refractivity contribution >= 4 is 23.3 Å². The van der Waals surface area contributed by atoms with Crippen LogP contribution in [0.5, 0.6) is 17.2 Å². The number of nitrogens with one attached hydrogen (secondary N) is 1. The second-order valence-electron chi connectivity index (χ2n) is 7.63. The lowest BCUT2D eigenvalue weighted by Crippen LogP contribution is -2.54. The molecule has 3 rings (SSSR count). The molecule has 1 aliphatic rings. The maximum absolute atomic E-state index is 12.9. The monoisotopic (exact) mass is 428 g/mol. The van der Waals surface area contributed by atoms with Crippen molar-refractivity contribution in [2.45, 2.75) is 25.8 Å². The van der Waals surface area contributed by atoms with E-state index in [1.165, 1.54) is 21.3 Å². The number of benzene rings is 2. The van der Waals surface area contributed by atoms with Gasteiger partial charge in [-0.25, -0.2) is 4.79 Å². The first kappa shape index (κ1) is 22.3. The SMILES string of the molecule is COc1cc(C(=O)OCCCN2C(=O)C(C)(C)Nc3ccccc32)cc(OC)c1OC. The van der Waals surface area contributed by atoms with Crippen molar-refractivity contribution in [3.8, 4) is 17.2 Å². The molecule has 2 aromatic carbocycles. The number of rotatable bonds is 8. The number of nitrogens with zero attached hydrogens (tertiary/aromatic N) is 1. The second kappa shape index (κ2) is 9.16. The number of fused-ring (bicyclic) bond motifs is 1. The summed E-state index contributed by atoms with van der Waals surface area (Å²) in [4.78, 5) is 27.1. The Bertz CT molecular complexity index is 947. The Kier molecular flexibility index (Phi) is 6.58. The van der Waals surface area contributed by atoms with Crippen LogP contribution < -0.4 is 24.4 Å². The van der Waals surface area contributed by atoms with Gasteiger partial charge >= 0.3 is 5.97 Å². The fourth-order valence-corrected chi connectivity index (χ4v) is 3.54. The number of ether oxygens (including phenoxy) is 4. The maximum atomic E-state index is 12.9. The first-order chi connectivity index (χ1) is 14.8. The van der Waals surface area contributed by atoms with Gasteiger partial charge in [0.2, 0.25) is 5.75 Å². The van der Waals surface area contributed by atoms with Crippen molar-refractivity contribution in [2.24, 2.45) is 0 Å². The Morgan fingerprint density at radius 1 is 1.03 bits per heavy atom. The highest BCUT2D eigenvalue weighted by Gasteiger charge is 2.38.